The van der Waals surface area contributed by atoms with Gasteiger partial charge in [-0.1, -0.05) is 90.0 Å². The van der Waals surface area contributed by atoms with E-state index in [4.69, 9.17) is 9.47 Å². The molecular formula is C44H36O6. The minimum absolute atomic E-state index is 0.0170. The molecule has 0 amide bonds. The molecule has 6 aromatic carbocycles. The van der Waals surface area contributed by atoms with Crippen LogP contribution >= 0.6 is 0 Å². The summed E-state index contributed by atoms with van der Waals surface area (Å²) in [5.74, 6) is 1.80. The van der Waals surface area contributed by atoms with Gasteiger partial charge in [0.1, 0.15) is 17.2 Å². The minimum atomic E-state index is -0.124. The maximum atomic E-state index is 12.6. The molecule has 0 N–H and O–H groups in total. The van der Waals surface area contributed by atoms with Crippen molar-refractivity contribution in [3.8, 4) is 17.2 Å². The molecule has 6 aromatic rings. The van der Waals surface area contributed by atoms with Gasteiger partial charge in [-0.15, -0.1) is 0 Å². The van der Waals surface area contributed by atoms with Crippen LogP contribution < -0.4 is 9.47 Å². The highest BCUT2D eigenvalue weighted by atomic mass is 16.5. The zero-order valence-electron chi connectivity index (χ0n) is 28.3. The number of carbonyl (C=O) groups excluding carboxylic acids is 4. The number of benzene rings is 6. The third-order valence-corrected chi connectivity index (χ3v) is 7.98. The van der Waals surface area contributed by atoms with Gasteiger partial charge in [0.2, 0.25) is 0 Å². The molecule has 0 atom stereocenters. The molecule has 6 nitrogen and oxygen atoms in total. The molecule has 0 heterocycles. The van der Waals surface area contributed by atoms with Crippen molar-refractivity contribution in [3.63, 3.8) is 0 Å². The number of hydrogen-bond acceptors (Lipinski definition) is 6. The lowest BCUT2D eigenvalue weighted by Gasteiger charge is -2.07. The largest absolute Gasteiger partial charge is 0.497 e. The van der Waals surface area contributed by atoms with Crippen molar-refractivity contribution in [1.82, 2.24) is 0 Å². The summed E-state index contributed by atoms with van der Waals surface area (Å²) < 4.78 is 10.9. The van der Waals surface area contributed by atoms with Gasteiger partial charge in [-0.25, -0.2) is 0 Å². The van der Waals surface area contributed by atoms with Crippen molar-refractivity contribution in [2.45, 2.75) is 20.8 Å². The van der Waals surface area contributed by atoms with Crippen LogP contribution in [0.15, 0.2) is 146 Å². The van der Waals surface area contributed by atoms with E-state index in [0.29, 0.717) is 50.4 Å². The van der Waals surface area contributed by atoms with Crippen LogP contribution in [-0.2, 0) is 0 Å². The molecule has 0 spiro atoms. The van der Waals surface area contributed by atoms with Gasteiger partial charge in [0, 0.05) is 38.9 Å². The zero-order chi connectivity index (χ0) is 35.6. The van der Waals surface area contributed by atoms with E-state index in [-0.39, 0.29) is 23.1 Å². The maximum Gasteiger partial charge on any atom is 0.193 e. The van der Waals surface area contributed by atoms with Crippen LogP contribution in [0, 0.1) is 13.8 Å². The molecule has 0 saturated carbocycles. The summed E-state index contributed by atoms with van der Waals surface area (Å²) in [6, 6.07) is 42.7. The van der Waals surface area contributed by atoms with E-state index in [0.717, 1.165) is 11.3 Å². The zero-order valence-corrected chi connectivity index (χ0v) is 28.3. The Bertz CT molecular complexity index is 2110. The van der Waals surface area contributed by atoms with E-state index >= 15 is 0 Å². The molecule has 6 heteroatoms. The predicted molar refractivity (Wildman–Crippen MR) is 195 cm³/mol. The van der Waals surface area contributed by atoms with E-state index in [1.807, 2.05) is 50.2 Å². The second-order valence-electron chi connectivity index (χ2n) is 11.7. The first-order valence-electron chi connectivity index (χ1n) is 16.0. The number of aryl methyl sites for hydroxylation is 2. The standard InChI is InChI=1S/2C22H18O3/c1-15-3-11-20(12-4-15)25-21-13-9-19(10-14-21)22(24)18-7-5-17(6-8-18)16(2)23;1-15-6-8-16(9-7-15)21(23)18-4-3-5-19(14-18)22(24)17-10-12-20(25-2)13-11-17/h2*3-14H,1-2H3. The second kappa shape index (κ2) is 16.1. The lowest BCUT2D eigenvalue weighted by molar-refractivity contribution is 0.101. The minimum Gasteiger partial charge on any atom is -0.497 e. The quantitative estimate of drug-likeness (QED) is 0.136. The first-order chi connectivity index (χ1) is 24.1. The van der Waals surface area contributed by atoms with Crippen molar-refractivity contribution in [3.05, 3.63) is 196 Å². The van der Waals surface area contributed by atoms with E-state index in [1.54, 1.807) is 116 Å². The van der Waals surface area contributed by atoms with Gasteiger partial charge in [0.15, 0.2) is 23.1 Å². The third kappa shape index (κ3) is 8.94. The maximum absolute atomic E-state index is 12.6. The predicted octanol–water partition coefficient (Wildman–Crippen LogP) is 9.69. The van der Waals surface area contributed by atoms with Gasteiger partial charge in [-0.3, -0.25) is 19.2 Å². The molecule has 0 bridgehead atoms. The van der Waals surface area contributed by atoms with Gasteiger partial charge >= 0.3 is 0 Å². The fraction of sp³-hybridized carbons (Fsp3) is 0.0909. The summed E-state index contributed by atoms with van der Waals surface area (Å²) in [4.78, 5) is 49.1. The monoisotopic (exact) mass is 660 g/mol. The molecular weight excluding hydrogens is 624 g/mol. The summed E-state index contributed by atoms with van der Waals surface area (Å²) in [7, 11) is 1.58. The van der Waals surface area contributed by atoms with E-state index in [9.17, 15) is 19.2 Å². The van der Waals surface area contributed by atoms with Crippen LogP contribution in [-0.4, -0.2) is 30.2 Å². The summed E-state index contributed by atoms with van der Waals surface area (Å²) in [6.07, 6.45) is 0. The van der Waals surface area contributed by atoms with E-state index in [2.05, 4.69) is 0 Å². The SMILES string of the molecule is CC(=O)c1ccc(C(=O)c2ccc(Oc3ccc(C)cc3)cc2)cc1.COc1ccc(C(=O)c2cccc(C(=O)c3ccc(C)cc3)c2)cc1. The Morgan fingerprint density at radius 1 is 0.400 bits per heavy atom. The van der Waals surface area contributed by atoms with Crippen molar-refractivity contribution >= 4 is 23.1 Å². The Morgan fingerprint density at radius 2 is 0.720 bits per heavy atom. The van der Waals surface area contributed by atoms with Crippen LogP contribution in [0.5, 0.6) is 17.2 Å². The highest BCUT2D eigenvalue weighted by molar-refractivity contribution is 6.13. The molecule has 0 unspecified atom stereocenters. The highest BCUT2D eigenvalue weighted by Crippen LogP contribution is 2.23. The summed E-state index contributed by atoms with van der Waals surface area (Å²) in [5, 5.41) is 0. The van der Waals surface area contributed by atoms with Gasteiger partial charge in [-0.05, 0) is 87.5 Å². The molecule has 0 saturated heterocycles. The van der Waals surface area contributed by atoms with Crippen LogP contribution in [0.2, 0.25) is 0 Å². The first-order valence-corrected chi connectivity index (χ1v) is 16.0. The number of hydrogen-bond donors (Lipinski definition) is 0. The fourth-order valence-electron chi connectivity index (χ4n) is 5.02. The van der Waals surface area contributed by atoms with E-state index in [1.165, 1.54) is 12.5 Å². The van der Waals surface area contributed by atoms with Crippen molar-refractivity contribution < 1.29 is 28.7 Å². The number of rotatable bonds is 10. The smallest absolute Gasteiger partial charge is 0.193 e. The number of ether oxygens (including phenoxy) is 2. The average molecular weight is 661 g/mol. The van der Waals surface area contributed by atoms with E-state index < -0.39 is 0 Å². The van der Waals surface area contributed by atoms with Crippen LogP contribution in [0.25, 0.3) is 0 Å². The van der Waals surface area contributed by atoms with Crippen molar-refractivity contribution in [1.29, 1.82) is 0 Å². The topological polar surface area (TPSA) is 86.7 Å². The molecule has 6 rings (SSSR count). The Hall–Kier alpha value is -6.40. The molecule has 0 fully saturated rings. The molecule has 50 heavy (non-hydrogen) atoms. The number of carbonyl (C=O) groups is 4. The number of ketones is 4. The molecule has 0 aromatic heterocycles. The Labute approximate surface area is 292 Å². The van der Waals surface area contributed by atoms with Crippen LogP contribution in [0.4, 0.5) is 0 Å². The van der Waals surface area contributed by atoms with Gasteiger partial charge < -0.3 is 9.47 Å². The summed E-state index contributed by atoms with van der Waals surface area (Å²) >= 11 is 0. The molecule has 248 valence electrons. The normalized spacial score (nSPS) is 10.3. The highest BCUT2D eigenvalue weighted by Gasteiger charge is 2.14. The lowest BCUT2D eigenvalue weighted by atomic mass is 9.97. The molecule has 0 aliphatic rings. The Morgan fingerprint density at radius 3 is 1.14 bits per heavy atom. The van der Waals surface area contributed by atoms with Crippen LogP contribution in [0.3, 0.4) is 0 Å². The molecule has 0 radical (unpaired) electrons. The van der Waals surface area contributed by atoms with Crippen LogP contribution in [0.1, 0.15) is 76.2 Å². The fourth-order valence-corrected chi connectivity index (χ4v) is 5.02. The molecule has 0 aliphatic carbocycles. The second-order valence-corrected chi connectivity index (χ2v) is 11.7. The third-order valence-electron chi connectivity index (χ3n) is 7.98. The lowest BCUT2D eigenvalue weighted by Crippen LogP contribution is -2.06. The number of methoxy groups -OCH3 is 1. The van der Waals surface area contributed by atoms with Gasteiger partial charge in [0.25, 0.3) is 0 Å². The Balaban J connectivity index is 0.000000194. The average Bonchev–Trinajstić information content (AvgIpc) is 3.16. The summed E-state index contributed by atoms with van der Waals surface area (Å²) in [6.45, 7) is 5.50. The number of Topliss-reactive ketones (excluding diaryl/α,β-unsaturated/α-hetero) is 1. The van der Waals surface area contributed by atoms with Gasteiger partial charge in [0.05, 0.1) is 7.11 Å². The first kappa shape index (κ1) is 34.9. The Kier molecular flexibility index (Phi) is 11.3. The molecule has 0 aliphatic heterocycles. The van der Waals surface area contributed by atoms with Gasteiger partial charge in [-0.2, -0.15) is 0 Å². The van der Waals surface area contributed by atoms with Crippen molar-refractivity contribution in [2.75, 3.05) is 7.11 Å². The van der Waals surface area contributed by atoms with Crippen molar-refractivity contribution in [2.24, 2.45) is 0 Å². The summed E-state index contributed by atoms with van der Waals surface area (Å²) in [5.41, 5.74) is 6.15.